The van der Waals surface area contributed by atoms with Crippen LogP contribution in [0.3, 0.4) is 0 Å². The molecule has 0 unspecified atom stereocenters. The molecular weight excluding hydrogens is 546 g/mol. The second kappa shape index (κ2) is 10.4. The molecule has 0 saturated heterocycles. The second-order valence-corrected chi connectivity index (χ2v) is 10.1. The first-order valence-corrected chi connectivity index (χ1v) is 13.2. The number of phenols is 1. The lowest BCUT2D eigenvalue weighted by Crippen LogP contribution is -2.14. The first-order valence-electron chi connectivity index (χ1n) is 10.5. The predicted molar refractivity (Wildman–Crippen MR) is 143 cm³/mol. The van der Waals surface area contributed by atoms with Crippen molar-refractivity contribution in [3.05, 3.63) is 88.7 Å². The standard InChI is InChI=1S/C25H18BrN5O2S2/c26-17-11-12-21(32)19(13-17)23-29-30-25(31(23)18-9-5-2-6-10-18)35-15-22(33)28-24-27-20(14-34-24)16-7-3-1-4-8-16/h1-14,32H,15H2,(H,27,28,33). The maximum absolute atomic E-state index is 12.7. The highest BCUT2D eigenvalue weighted by Crippen LogP contribution is 2.34. The maximum Gasteiger partial charge on any atom is 0.236 e. The zero-order chi connectivity index (χ0) is 24.2. The number of benzene rings is 3. The van der Waals surface area contributed by atoms with Gasteiger partial charge in [0.2, 0.25) is 5.91 Å². The SMILES string of the molecule is O=C(CSc1nnc(-c2cc(Br)ccc2O)n1-c1ccccc1)Nc1nc(-c2ccccc2)cs1. The summed E-state index contributed by atoms with van der Waals surface area (Å²) in [5, 5.41) is 25.0. The summed E-state index contributed by atoms with van der Waals surface area (Å²) in [6, 6.07) is 24.5. The molecule has 0 radical (unpaired) electrons. The summed E-state index contributed by atoms with van der Waals surface area (Å²) in [7, 11) is 0. The Morgan fingerprint density at radius 2 is 1.77 bits per heavy atom. The highest BCUT2D eigenvalue weighted by molar-refractivity contribution is 9.10. The van der Waals surface area contributed by atoms with Crippen LogP contribution in [0.4, 0.5) is 5.13 Å². The molecule has 5 aromatic rings. The first kappa shape index (κ1) is 23.3. The minimum atomic E-state index is -0.196. The molecule has 5 rings (SSSR count). The van der Waals surface area contributed by atoms with Crippen molar-refractivity contribution >= 4 is 50.1 Å². The van der Waals surface area contributed by atoms with E-state index in [9.17, 15) is 9.90 Å². The predicted octanol–water partition coefficient (Wildman–Crippen LogP) is 6.26. The molecule has 3 aromatic carbocycles. The number of phenolic OH excluding ortho intramolecular Hbond substituents is 1. The topological polar surface area (TPSA) is 92.9 Å². The molecule has 2 N–H and O–H groups in total. The van der Waals surface area contributed by atoms with Crippen LogP contribution in [0.25, 0.3) is 28.3 Å². The molecule has 0 aliphatic heterocycles. The van der Waals surface area contributed by atoms with Gasteiger partial charge in [-0.15, -0.1) is 21.5 Å². The van der Waals surface area contributed by atoms with Gasteiger partial charge in [0.1, 0.15) is 5.75 Å². The lowest BCUT2D eigenvalue weighted by atomic mass is 10.2. The third-order valence-corrected chi connectivity index (χ3v) is 7.18. The normalized spacial score (nSPS) is 10.9. The number of carbonyl (C=O) groups is 1. The summed E-state index contributed by atoms with van der Waals surface area (Å²) < 4.78 is 2.64. The van der Waals surface area contributed by atoms with E-state index in [4.69, 9.17) is 0 Å². The number of thioether (sulfide) groups is 1. The van der Waals surface area contributed by atoms with Crippen molar-refractivity contribution in [2.75, 3.05) is 11.1 Å². The molecule has 10 heteroatoms. The summed E-state index contributed by atoms with van der Waals surface area (Å²) in [4.78, 5) is 17.2. The van der Waals surface area contributed by atoms with Crippen LogP contribution in [0.2, 0.25) is 0 Å². The zero-order valence-corrected chi connectivity index (χ0v) is 21.3. The van der Waals surface area contributed by atoms with Gasteiger partial charge in [-0.05, 0) is 30.3 Å². The fourth-order valence-corrected chi connectivity index (χ4v) is 5.24. The van der Waals surface area contributed by atoms with Gasteiger partial charge >= 0.3 is 0 Å². The molecular formula is C25H18BrN5O2S2. The largest absolute Gasteiger partial charge is 0.507 e. The van der Waals surface area contributed by atoms with Gasteiger partial charge in [0.05, 0.1) is 17.0 Å². The van der Waals surface area contributed by atoms with Gasteiger partial charge in [0.25, 0.3) is 0 Å². The van der Waals surface area contributed by atoms with E-state index in [1.165, 1.54) is 23.1 Å². The fraction of sp³-hybridized carbons (Fsp3) is 0.0400. The molecule has 35 heavy (non-hydrogen) atoms. The number of nitrogens with zero attached hydrogens (tertiary/aromatic N) is 4. The van der Waals surface area contributed by atoms with Crippen LogP contribution in [-0.4, -0.2) is 36.5 Å². The summed E-state index contributed by atoms with van der Waals surface area (Å²) in [6.07, 6.45) is 0. The number of para-hydroxylation sites is 1. The number of anilines is 1. The molecule has 0 aliphatic rings. The number of amides is 1. The number of aromatic hydroxyl groups is 1. The summed E-state index contributed by atoms with van der Waals surface area (Å²) in [6.45, 7) is 0. The highest BCUT2D eigenvalue weighted by Gasteiger charge is 2.20. The summed E-state index contributed by atoms with van der Waals surface area (Å²) in [5.41, 5.74) is 3.17. The average molecular weight is 564 g/mol. The van der Waals surface area contributed by atoms with Gasteiger partial charge in [-0.3, -0.25) is 9.36 Å². The van der Waals surface area contributed by atoms with Crippen LogP contribution < -0.4 is 5.32 Å². The average Bonchev–Trinajstić information content (AvgIpc) is 3.52. The molecule has 0 aliphatic carbocycles. The number of carbonyl (C=O) groups excluding carboxylic acids is 1. The van der Waals surface area contributed by atoms with Crippen LogP contribution in [-0.2, 0) is 4.79 Å². The summed E-state index contributed by atoms with van der Waals surface area (Å²) >= 11 is 6.09. The quantitative estimate of drug-likeness (QED) is 0.227. The molecule has 0 atom stereocenters. The molecule has 2 aromatic heterocycles. The third-order valence-electron chi connectivity index (χ3n) is 5.00. The van der Waals surface area contributed by atoms with Gasteiger partial charge in [-0.25, -0.2) is 4.98 Å². The molecule has 2 heterocycles. The Bertz CT molecular complexity index is 1470. The van der Waals surface area contributed by atoms with E-state index in [0.29, 0.717) is 21.7 Å². The van der Waals surface area contributed by atoms with E-state index in [0.717, 1.165) is 21.4 Å². The minimum absolute atomic E-state index is 0.0880. The first-order chi connectivity index (χ1) is 17.1. The van der Waals surface area contributed by atoms with E-state index in [1.807, 2.05) is 70.6 Å². The van der Waals surface area contributed by atoms with E-state index < -0.39 is 0 Å². The molecule has 0 bridgehead atoms. The van der Waals surface area contributed by atoms with E-state index in [1.54, 1.807) is 18.2 Å². The molecule has 7 nitrogen and oxygen atoms in total. The van der Waals surface area contributed by atoms with Crippen molar-refractivity contribution in [3.8, 4) is 34.1 Å². The van der Waals surface area contributed by atoms with Gasteiger partial charge in [-0.2, -0.15) is 0 Å². The smallest absolute Gasteiger partial charge is 0.236 e. The molecule has 0 spiro atoms. The van der Waals surface area contributed by atoms with Crippen molar-refractivity contribution in [2.45, 2.75) is 5.16 Å². The number of hydrogen-bond acceptors (Lipinski definition) is 7. The number of thiazole rings is 1. The Morgan fingerprint density at radius 3 is 2.54 bits per heavy atom. The Hall–Kier alpha value is -3.47. The van der Waals surface area contributed by atoms with Gasteiger partial charge in [-0.1, -0.05) is 76.2 Å². The van der Waals surface area contributed by atoms with Crippen LogP contribution in [0.5, 0.6) is 5.75 Å². The van der Waals surface area contributed by atoms with E-state index in [2.05, 4.69) is 36.4 Å². The third kappa shape index (κ3) is 5.29. The van der Waals surface area contributed by atoms with Crippen molar-refractivity contribution in [1.82, 2.24) is 19.7 Å². The fourth-order valence-electron chi connectivity index (χ4n) is 3.39. The van der Waals surface area contributed by atoms with E-state index >= 15 is 0 Å². The highest BCUT2D eigenvalue weighted by atomic mass is 79.9. The second-order valence-electron chi connectivity index (χ2n) is 7.38. The number of aromatic nitrogens is 4. The van der Waals surface area contributed by atoms with E-state index in [-0.39, 0.29) is 17.4 Å². The van der Waals surface area contributed by atoms with Crippen molar-refractivity contribution in [1.29, 1.82) is 0 Å². The number of halogens is 1. The zero-order valence-electron chi connectivity index (χ0n) is 18.1. The van der Waals surface area contributed by atoms with Gasteiger partial charge in [0.15, 0.2) is 16.1 Å². The maximum atomic E-state index is 12.7. The van der Waals surface area contributed by atoms with Crippen LogP contribution in [0.15, 0.2) is 93.9 Å². The van der Waals surface area contributed by atoms with Gasteiger partial charge < -0.3 is 10.4 Å². The Morgan fingerprint density at radius 1 is 1.03 bits per heavy atom. The number of nitrogens with one attached hydrogen (secondary N) is 1. The van der Waals surface area contributed by atoms with Crippen molar-refractivity contribution in [3.63, 3.8) is 0 Å². The Labute approximate surface area is 218 Å². The molecule has 1 amide bonds. The minimum Gasteiger partial charge on any atom is -0.507 e. The van der Waals surface area contributed by atoms with Gasteiger partial charge in [0, 0.05) is 21.1 Å². The molecule has 0 fully saturated rings. The lowest BCUT2D eigenvalue weighted by molar-refractivity contribution is -0.113. The monoisotopic (exact) mass is 563 g/mol. The Kier molecular flexibility index (Phi) is 6.94. The van der Waals surface area contributed by atoms with Crippen molar-refractivity contribution in [2.24, 2.45) is 0 Å². The lowest BCUT2D eigenvalue weighted by Gasteiger charge is -2.11. The van der Waals surface area contributed by atoms with Crippen LogP contribution >= 0.6 is 39.0 Å². The number of hydrogen-bond donors (Lipinski definition) is 2. The summed E-state index contributed by atoms with van der Waals surface area (Å²) in [5.74, 6) is 0.490. The van der Waals surface area contributed by atoms with Crippen molar-refractivity contribution < 1.29 is 9.90 Å². The van der Waals surface area contributed by atoms with Crippen LogP contribution in [0, 0.1) is 0 Å². The number of rotatable bonds is 7. The Balaban J connectivity index is 1.36. The molecule has 0 saturated carbocycles. The molecule has 174 valence electrons. The van der Waals surface area contributed by atoms with Crippen LogP contribution in [0.1, 0.15) is 0 Å².